The first-order chi connectivity index (χ1) is 11.8. The number of benzene rings is 1. The van der Waals surface area contributed by atoms with Gasteiger partial charge in [-0.1, -0.05) is 12.1 Å². The highest BCUT2D eigenvalue weighted by atomic mass is 16.5. The second-order valence-electron chi connectivity index (χ2n) is 5.84. The predicted molar refractivity (Wildman–Crippen MR) is 90.6 cm³/mol. The van der Waals surface area contributed by atoms with Crippen LogP contribution in [0.2, 0.25) is 0 Å². The Kier molecular flexibility index (Phi) is 3.64. The van der Waals surface area contributed by atoms with Gasteiger partial charge in [-0.05, 0) is 29.5 Å². The van der Waals surface area contributed by atoms with Crippen LogP contribution in [0, 0.1) is 0 Å². The minimum atomic E-state index is 0.0524. The van der Waals surface area contributed by atoms with Crippen molar-refractivity contribution in [2.45, 2.75) is 13.0 Å². The van der Waals surface area contributed by atoms with E-state index < -0.39 is 0 Å². The molecule has 1 atom stereocenters. The van der Waals surface area contributed by atoms with E-state index in [2.05, 4.69) is 43.3 Å². The zero-order valence-corrected chi connectivity index (χ0v) is 13.7. The number of hydrogen-bond donors (Lipinski definition) is 0. The van der Waals surface area contributed by atoms with E-state index in [0.29, 0.717) is 12.2 Å². The van der Waals surface area contributed by atoms with E-state index in [4.69, 9.17) is 4.74 Å². The molecule has 0 saturated heterocycles. The van der Waals surface area contributed by atoms with Gasteiger partial charge in [0.2, 0.25) is 0 Å². The Bertz CT molecular complexity index is 849. The molecule has 3 aromatic rings. The van der Waals surface area contributed by atoms with Gasteiger partial charge in [-0.15, -0.1) is 5.10 Å². The van der Waals surface area contributed by atoms with Gasteiger partial charge >= 0.3 is 0 Å². The molecular weight excluding hydrogens is 306 g/mol. The standard InChI is InChI=1S/C16H19N7O/c1-3-22-11-12(24-14-7-5-4-6-13(14)22)10-21(2)16-9-17-8-15-18-19-20-23(15)16/h4-9,12H,3,10-11H2,1-2H3/t12-/m1/s1. The lowest BCUT2D eigenvalue weighted by molar-refractivity contribution is 0.199. The predicted octanol–water partition coefficient (Wildman–Crippen LogP) is 1.24. The van der Waals surface area contributed by atoms with Gasteiger partial charge in [0.25, 0.3) is 0 Å². The van der Waals surface area contributed by atoms with E-state index in [1.54, 1.807) is 16.9 Å². The van der Waals surface area contributed by atoms with Crippen molar-refractivity contribution < 1.29 is 4.74 Å². The van der Waals surface area contributed by atoms with Crippen LogP contribution in [-0.2, 0) is 0 Å². The smallest absolute Gasteiger partial charge is 0.199 e. The number of fused-ring (bicyclic) bond motifs is 2. The zero-order valence-electron chi connectivity index (χ0n) is 13.7. The van der Waals surface area contributed by atoms with E-state index >= 15 is 0 Å². The Morgan fingerprint density at radius 3 is 3.04 bits per heavy atom. The van der Waals surface area contributed by atoms with Crippen molar-refractivity contribution in [2.24, 2.45) is 0 Å². The van der Waals surface area contributed by atoms with Crippen molar-refractivity contribution in [2.75, 3.05) is 36.5 Å². The van der Waals surface area contributed by atoms with Crippen LogP contribution < -0.4 is 14.5 Å². The fourth-order valence-corrected chi connectivity index (χ4v) is 3.10. The van der Waals surface area contributed by atoms with Crippen LogP contribution in [0.15, 0.2) is 36.7 Å². The molecule has 0 unspecified atom stereocenters. The number of tetrazole rings is 1. The van der Waals surface area contributed by atoms with Gasteiger partial charge in [-0.3, -0.25) is 4.98 Å². The van der Waals surface area contributed by atoms with Crippen LogP contribution in [0.4, 0.5) is 11.5 Å². The van der Waals surface area contributed by atoms with Crippen LogP contribution >= 0.6 is 0 Å². The van der Waals surface area contributed by atoms with Crippen molar-refractivity contribution in [3.63, 3.8) is 0 Å². The van der Waals surface area contributed by atoms with Crippen molar-refractivity contribution in [1.82, 2.24) is 25.0 Å². The van der Waals surface area contributed by atoms with Gasteiger partial charge in [-0.2, -0.15) is 4.52 Å². The molecule has 1 aliphatic rings. The van der Waals surface area contributed by atoms with Crippen LogP contribution in [0.5, 0.6) is 5.75 Å². The van der Waals surface area contributed by atoms with Crippen LogP contribution in [0.1, 0.15) is 6.92 Å². The van der Waals surface area contributed by atoms with E-state index in [1.807, 2.05) is 25.2 Å². The van der Waals surface area contributed by atoms with Gasteiger partial charge in [0.05, 0.1) is 31.2 Å². The first kappa shape index (κ1) is 14.7. The lowest BCUT2D eigenvalue weighted by Crippen LogP contribution is -2.46. The minimum absolute atomic E-state index is 0.0524. The molecule has 2 aromatic heterocycles. The molecule has 124 valence electrons. The molecule has 0 saturated carbocycles. The van der Waals surface area contributed by atoms with Gasteiger partial charge in [0.1, 0.15) is 11.9 Å². The summed E-state index contributed by atoms with van der Waals surface area (Å²) in [4.78, 5) is 8.62. The first-order valence-electron chi connectivity index (χ1n) is 8.00. The van der Waals surface area contributed by atoms with E-state index in [9.17, 15) is 0 Å². The molecule has 8 heteroatoms. The third kappa shape index (κ3) is 2.49. The Morgan fingerprint density at radius 1 is 1.29 bits per heavy atom. The molecule has 0 bridgehead atoms. The zero-order chi connectivity index (χ0) is 16.5. The Labute approximate surface area is 139 Å². The van der Waals surface area contributed by atoms with Gasteiger partial charge in [0.15, 0.2) is 11.5 Å². The van der Waals surface area contributed by atoms with Crippen molar-refractivity contribution in [1.29, 1.82) is 0 Å². The average molecular weight is 325 g/mol. The van der Waals surface area contributed by atoms with Gasteiger partial charge in [0, 0.05) is 13.6 Å². The number of likely N-dealkylation sites (N-methyl/N-ethyl adjacent to an activating group) is 2. The van der Waals surface area contributed by atoms with Crippen LogP contribution in [-0.4, -0.2) is 57.8 Å². The van der Waals surface area contributed by atoms with Crippen molar-refractivity contribution in [3.8, 4) is 5.75 Å². The summed E-state index contributed by atoms with van der Waals surface area (Å²) in [7, 11) is 2.00. The molecule has 0 radical (unpaired) electrons. The van der Waals surface area contributed by atoms with E-state index in [0.717, 1.165) is 30.3 Å². The van der Waals surface area contributed by atoms with Crippen molar-refractivity contribution >= 4 is 17.2 Å². The lowest BCUT2D eigenvalue weighted by atomic mass is 10.2. The first-order valence-corrected chi connectivity index (χ1v) is 8.00. The number of aromatic nitrogens is 5. The third-order valence-corrected chi connectivity index (χ3v) is 4.26. The molecule has 4 rings (SSSR count). The molecule has 0 amide bonds. The maximum absolute atomic E-state index is 6.19. The number of hydrogen-bond acceptors (Lipinski definition) is 7. The summed E-state index contributed by atoms with van der Waals surface area (Å²) in [6.07, 6.45) is 3.46. The summed E-state index contributed by atoms with van der Waals surface area (Å²) >= 11 is 0. The normalized spacial score (nSPS) is 16.8. The maximum atomic E-state index is 6.19. The number of ether oxygens (including phenoxy) is 1. The summed E-state index contributed by atoms with van der Waals surface area (Å²) in [6, 6.07) is 8.17. The summed E-state index contributed by atoms with van der Waals surface area (Å²) in [6.45, 7) is 4.67. The second-order valence-corrected chi connectivity index (χ2v) is 5.84. The molecule has 0 fully saturated rings. The van der Waals surface area contributed by atoms with Gasteiger partial charge < -0.3 is 14.5 Å². The fourth-order valence-electron chi connectivity index (χ4n) is 3.10. The highest BCUT2D eigenvalue weighted by Crippen LogP contribution is 2.33. The molecule has 1 aromatic carbocycles. The van der Waals surface area contributed by atoms with Crippen LogP contribution in [0.25, 0.3) is 5.65 Å². The Hall–Kier alpha value is -2.90. The van der Waals surface area contributed by atoms with E-state index in [-0.39, 0.29) is 6.10 Å². The lowest BCUT2D eigenvalue weighted by Gasteiger charge is -2.37. The van der Waals surface area contributed by atoms with Crippen molar-refractivity contribution in [3.05, 3.63) is 36.7 Å². The molecule has 8 nitrogen and oxygen atoms in total. The van der Waals surface area contributed by atoms with Gasteiger partial charge in [-0.25, -0.2) is 0 Å². The molecule has 24 heavy (non-hydrogen) atoms. The number of rotatable bonds is 4. The molecule has 0 aliphatic carbocycles. The molecule has 0 N–H and O–H groups in total. The number of para-hydroxylation sites is 2. The Morgan fingerprint density at radius 2 is 2.17 bits per heavy atom. The summed E-state index contributed by atoms with van der Waals surface area (Å²) in [5.74, 6) is 1.77. The Balaban J connectivity index is 1.56. The minimum Gasteiger partial charge on any atom is -0.485 e. The number of anilines is 2. The average Bonchev–Trinajstić information content (AvgIpc) is 3.09. The second kappa shape index (κ2) is 5.95. The molecule has 0 spiro atoms. The third-order valence-electron chi connectivity index (χ3n) is 4.26. The van der Waals surface area contributed by atoms with E-state index in [1.165, 1.54) is 0 Å². The maximum Gasteiger partial charge on any atom is 0.199 e. The number of nitrogens with zero attached hydrogens (tertiary/aromatic N) is 7. The molecular formula is C16H19N7O. The highest BCUT2D eigenvalue weighted by Gasteiger charge is 2.26. The summed E-state index contributed by atoms with van der Waals surface area (Å²) in [5, 5.41) is 11.7. The highest BCUT2D eigenvalue weighted by molar-refractivity contribution is 5.60. The topological polar surface area (TPSA) is 71.7 Å². The monoisotopic (exact) mass is 325 g/mol. The van der Waals surface area contributed by atoms with Crippen LogP contribution in [0.3, 0.4) is 0 Å². The quantitative estimate of drug-likeness (QED) is 0.714. The molecule has 1 aliphatic heterocycles. The SMILES string of the molecule is CCN1C[C@@H](CN(C)c2cncc3nnnn23)Oc2ccccc21. The summed E-state index contributed by atoms with van der Waals surface area (Å²) < 4.78 is 7.87. The molecule has 3 heterocycles. The largest absolute Gasteiger partial charge is 0.485 e. The fraction of sp³-hybridized carbons (Fsp3) is 0.375. The summed E-state index contributed by atoms with van der Waals surface area (Å²) in [5.41, 5.74) is 1.78.